The van der Waals surface area contributed by atoms with Crippen molar-refractivity contribution in [1.29, 1.82) is 0 Å². The molecule has 146 valence electrons. The Bertz CT molecular complexity index is 868. The molecular weight excluding hydrogens is 364 g/mol. The second-order valence-corrected chi connectivity index (χ2v) is 6.09. The van der Waals surface area contributed by atoms with Crippen molar-refractivity contribution in [2.24, 2.45) is 0 Å². The van der Waals surface area contributed by atoms with Crippen LogP contribution in [0.15, 0.2) is 48.5 Å². The highest BCUT2D eigenvalue weighted by molar-refractivity contribution is 5.96. The molecule has 28 heavy (non-hydrogen) atoms. The van der Waals surface area contributed by atoms with E-state index >= 15 is 0 Å². The van der Waals surface area contributed by atoms with E-state index in [1.807, 2.05) is 6.07 Å². The van der Waals surface area contributed by atoms with E-state index in [0.717, 1.165) is 5.56 Å². The maximum absolute atomic E-state index is 12.1. The van der Waals surface area contributed by atoms with Gasteiger partial charge in [0, 0.05) is 12.1 Å². The molecule has 2 aromatic rings. The first-order valence-electron chi connectivity index (χ1n) is 8.72. The van der Waals surface area contributed by atoms with E-state index < -0.39 is 23.9 Å². The lowest BCUT2D eigenvalue weighted by molar-refractivity contribution is -0.153. The normalized spacial score (nSPS) is 12.8. The maximum atomic E-state index is 12.1. The Morgan fingerprint density at radius 1 is 1.04 bits per heavy atom. The van der Waals surface area contributed by atoms with Gasteiger partial charge in [-0.1, -0.05) is 24.3 Å². The number of esters is 1. The Hall–Kier alpha value is -3.55. The van der Waals surface area contributed by atoms with Gasteiger partial charge in [0.05, 0.1) is 0 Å². The number of fused-ring (bicyclic) bond motifs is 1. The van der Waals surface area contributed by atoms with E-state index in [2.05, 4.69) is 10.6 Å². The molecule has 3 rings (SSSR count). The van der Waals surface area contributed by atoms with Crippen LogP contribution in [-0.4, -0.2) is 37.2 Å². The summed E-state index contributed by atoms with van der Waals surface area (Å²) >= 11 is 0. The summed E-state index contributed by atoms with van der Waals surface area (Å²) in [5, 5.41) is 5.14. The fourth-order valence-electron chi connectivity index (χ4n) is 2.52. The molecule has 2 N–H and O–H groups in total. The first-order chi connectivity index (χ1) is 13.5. The van der Waals surface area contributed by atoms with Crippen LogP contribution >= 0.6 is 0 Å². The van der Waals surface area contributed by atoms with Crippen molar-refractivity contribution in [1.82, 2.24) is 10.6 Å². The van der Waals surface area contributed by atoms with E-state index in [-0.39, 0.29) is 19.9 Å². The number of hydrogen-bond acceptors (Lipinski definition) is 6. The van der Waals surface area contributed by atoms with E-state index in [1.54, 1.807) is 42.5 Å². The minimum atomic E-state index is -0.991. The zero-order valence-corrected chi connectivity index (χ0v) is 15.3. The molecule has 2 amide bonds. The fraction of sp³-hybridized carbons (Fsp3) is 0.250. The third-order valence-corrected chi connectivity index (χ3v) is 4.01. The Morgan fingerprint density at radius 3 is 2.57 bits per heavy atom. The van der Waals surface area contributed by atoms with Crippen molar-refractivity contribution in [3.63, 3.8) is 0 Å². The zero-order chi connectivity index (χ0) is 19.9. The van der Waals surface area contributed by atoms with Crippen LogP contribution in [0.3, 0.4) is 0 Å². The van der Waals surface area contributed by atoms with Crippen LogP contribution in [0.25, 0.3) is 0 Å². The van der Waals surface area contributed by atoms with Gasteiger partial charge in [-0.15, -0.1) is 0 Å². The third-order valence-electron chi connectivity index (χ3n) is 4.01. The molecule has 0 aromatic heterocycles. The largest absolute Gasteiger partial charge is 0.454 e. The van der Waals surface area contributed by atoms with E-state index in [4.69, 9.17) is 14.2 Å². The highest BCUT2D eigenvalue weighted by Gasteiger charge is 2.19. The lowest BCUT2D eigenvalue weighted by atomic mass is 10.2. The molecule has 2 aromatic carbocycles. The highest BCUT2D eigenvalue weighted by Crippen LogP contribution is 2.32. The monoisotopic (exact) mass is 384 g/mol. The van der Waals surface area contributed by atoms with Gasteiger partial charge in [0.1, 0.15) is 6.54 Å². The Morgan fingerprint density at radius 2 is 1.79 bits per heavy atom. The zero-order valence-electron chi connectivity index (χ0n) is 15.3. The summed E-state index contributed by atoms with van der Waals surface area (Å²) in [6.45, 7) is 1.57. The van der Waals surface area contributed by atoms with Gasteiger partial charge in [0.2, 0.25) is 6.79 Å². The first-order valence-corrected chi connectivity index (χ1v) is 8.72. The number of ether oxygens (including phenoxy) is 3. The molecule has 0 saturated carbocycles. The predicted molar refractivity (Wildman–Crippen MR) is 98.7 cm³/mol. The molecule has 1 unspecified atom stereocenters. The average Bonchev–Trinajstić information content (AvgIpc) is 3.18. The Balaban J connectivity index is 1.41. The molecule has 0 spiro atoms. The summed E-state index contributed by atoms with van der Waals surface area (Å²) in [6, 6.07) is 13.8. The van der Waals surface area contributed by atoms with Crippen LogP contribution in [-0.2, 0) is 20.9 Å². The van der Waals surface area contributed by atoms with Crippen molar-refractivity contribution in [3.8, 4) is 11.5 Å². The topological polar surface area (TPSA) is 103 Å². The minimum absolute atomic E-state index is 0.180. The summed E-state index contributed by atoms with van der Waals surface area (Å²) in [7, 11) is 0. The predicted octanol–water partition coefficient (Wildman–Crippen LogP) is 1.39. The van der Waals surface area contributed by atoms with E-state index in [9.17, 15) is 14.4 Å². The Kier molecular flexibility index (Phi) is 6.11. The SMILES string of the molecule is CC(OC(=O)CNC(=O)c1ccccc1)C(=O)NCc1ccc2c(c1)OCO2. The van der Waals surface area contributed by atoms with Gasteiger partial charge in [0.25, 0.3) is 11.8 Å². The molecule has 1 aliphatic rings. The molecule has 1 heterocycles. The van der Waals surface area contributed by atoms with E-state index in [0.29, 0.717) is 17.1 Å². The van der Waals surface area contributed by atoms with Crippen molar-refractivity contribution >= 4 is 17.8 Å². The molecule has 1 aliphatic heterocycles. The van der Waals surface area contributed by atoms with Crippen molar-refractivity contribution < 1.29 is 28.6 Å². The number of rotatable bonds is 7. The molecule has 8 heteroatoms. The van der Waals surface area contributed by atoms with Gasteiger partial charge in [-0.25, -0.2) is 0 Å². The standard InChI is InChI=1S/C20H20N2O6/c1-13(28-18(23)11-22-20(25)15-5-3-2-4-6-15)19(24)21-10-14-7-8-16-17(9-14)27-12-26-16/h2-9,13H,10-12H2,1H3,(H,21,24)(H,22,25). The van der Waals surface area contributed by atoms with Gasteiger partial charge in [-0.3, -0.25) is 14.4 Å². The quantitative estimate of drug-likeness (QED) is 0.700. The average molecular weight is 384 g/mol. The van der Waals surface area contributed by atoms with Crippen LogP contribution in [0, 0.1) is 0 Å². The molecule has 0 bridgehead atoms. The molecule has 8 nitrogen and oxygen atoms in total. The second-order valence-electron chi connectivity index (χ2n) is 6.09. The number of nitrogens with one attached hydrogen (secondary N) is 2. The van der Waals surface area contributed by atoms with Crippen molar-refractivity contribution in [3.05, 3.63) is 59.7 Å². The summed E-state index contributed by atoms with van der Waals surface area (Å²) in [6.07, 6.45) is -0.991. The number of carbonyl (C=O) groups is 3. The fourth-order valence-corrected chi connectivity index (χ4v) is 2.52. The van der Waals surface area contributed by atoms with E-state index in [1.165, 1.54) is 6.92 Å². The van der Waals surface area contributed by atoms with Crippen LogP contribution in [0.4, 0.5) is 0 Å². The molecule has 0 saturated heterocycles. The van der Waals surface area contributed by atoms with Gasteiger partial charge in [-0.05, 0) is 36.8 Å². The minimum Gasteiger partial charge on any atom is -0.454 e. The highest BCUT2D eigenvalue weighted by atomic mass is 16.7. The van der Waals surface area contributed by atoms with Gasteiger partial charge < -0.3 is 24.8 Å². The second kappa shape index (κ2) is 8.90. The maximum Gasteiger partial charge on any atom is 0.326 e. The van der Waals surface area contributed by atoms with Crippen molar-refractivity contribution in [2.75, 3.05) is 13.3 Å². The Labute approximate surface area is 161 Å². The first kappa shape index (κ1) is 19.2. The summed E-state index contributed by atoms with van der Waals surface area (Å²) in [4.78, 5) is 35.9. The lowest BCUT2D eigenvalue weighted by Gasteiger charge is -2.14. The molecular formula is C20H20N2O6. The van der Waals surface area contributed by atoms with Crippen LogP contribution in [0.5, 0.6) is 11.5 Å². The third kappa shape index (κ3) is 5.00. The van der Waals surface area contributed by atoms with Crippen LogP contribution in [0.2, 0.25) is 0 Å². The summed E-state index contributed by atoms with van der Waals surface area (Å²) < 4.78 is 15.6. The molecule has 1 atom stereocenters. The lowest BCUT2D eigenvalue weighted by Crippen LogP contribution is -2.38. The van der Waals surface area contributed by atoms with Gasteiger partial charge >= 0.3 is 5.97 Å². The van der Waals surface area contributed by atoms with Gasteiger partial charge in [0.15, 0.2) is 17.6 Å². The van der Waals surface area contributed by atoms with Crippen LogP contribution in [0.1, 0.15) is 22.8 Å². The number of amides is 2. The molecule has 0 aliphatic carbocycles. The summed E-state index contributed by atoms with van der Waals surface area (Å²) in [5.41, 5.74) is 1.26. The van der Waals surface area contributed by atoms with Crippen molar-refractivity contribution in [2.45, 2.75) is 19.6 Å². The van der Waals surface area contributed by atoms with Crippen LogP contribution < -0.4 is 20.1 Å². The van der Waals surface area contributed by atoms with Gasteiger partial charge in [-0.2, -0.15) is 0 Å². The molecule has 0 radical (unpaired) electrons. The number of benzene rings is 2. The summed E-state index contributed by atoms with van der Waals surface area (Å²) in [5.74, 6) is -0.247. The smallest absolute Gasteiger partial charge is 0.326 e. The number of hydrogen-bond donors (Lipinski definition) is 2. The number of carbonyl (C=O) groups excluding carboxylic acids is 3. The molecule has 0 fully saturated rings.